The van der Waals surface area contributed by atoms with Crippen molar-refractivity contribution in [1.82, 2.24) is 9.97 Å². The molecule has 0 radical (unpaired) electrons. The highest BCUT2D eigenvalue weighted by atomic mass is 19.4. The van der Waals surface area contributed by atoms with Gasteiger partial charge in [0.2, 0.25) is 0 Å². The van der Waals surface area contributed by atoms with Crippen LogP contribution in [0.2, 0.25) is 0 Å². The third-order valence-corrected chi connectivity index (χ3v) is 1.28. The first-order valence-corrected chi connectivity index (χ1v) is 3.19. The number of hydrogen-bond acceptors (Lipinski definition) is 4. The van der Waals surface area contributed by atoms with Crippen LogP contribution in [0.4, 0.5) is 19.0 Å². The van der Waals surface area contributed by atoms with Crippen molar-refractivity contribution in [2.45, 2.75) is 6.18 Å². The Labute approximate surface area is 71.6 Å². The van der Waals surface area contributed by atoms with Crippen LogP contribution < -0.4 is 10.5 Å². The predicted octanol–water partition coefficient (Wildman–Crippen LogP) is 1.09. The number of nitrogens with two attached hydrogens (primary N) is 1. The minimum absolute atomic E-state index is 0.189. The summed E-state index contributed by atoms with van der Waals surface area (Å²) in [5.74, 6) is -0.639. The van der Waals surface area contributed by atoms with Gasteiger partial charge < -0.3 is 10.5 Å². The van der Waals surface area contributed by atoms with Gasteiger partial charge in [0.25, 0.3) is 0 Å². The van der Waals surface area contributed by atoms with Crippen LogP contribution in [-0.4, -0.2) is 17.1 Å². The normalized spacial score (nSPS) is 11.4. The van der Waals surface area contributed by atoms with Crippen LogP contribution >= 0.6 is 0 Å². The smallest absolute Gasteiger partial charge is 0.421 e. The minimum atomic E-state index is -4.53. The number of alkyl halides is 3. The van der Waals surface area contributed by atoms with Gasteiger partial charge >= 0.3 is 12.2 Å². The van der Waals surface area contributed by atoms with E-state index in [9.17, 15) is 13.2 Å². The third kappa shape index (κ3) is 1.98. The van der Waals surface area contributed by atoms with E-state index in [1.165, 1.54) is 7.11 Å². The summed E-state index contributed by atoms with van der Waals surface area (Å²) in [6.45, 7) is 0. The van der Waals surface area contributed by atoms with Crippen molar-refractivity contribution in [2.24, 2.45) is 0 Å². The van der Waals surface area contributed by atoms with Crippen LogP contribution in [0.25, 0.3) is 0 Å². The highest BCUT2D eigenvalue weighted by Crippen LogP contribution is 2.32. The first-order valence-electron chi connectivity index (χ1n) is 3.19. The molecule has 1 heterocycles. The molecular formula is C6H6F3N3O. The molecule has 0 fully saturated rings. The lowest BCUT2D eigenvalue weighted by atomic mass is 10.3. The van der Waals surface area contributed by atoms with Gasteiger partial charge in [-0.2, -0.15) is 18.2 Å². The minimum Gasteiger partial charge on any atom is -0.467 e. The molecule has 7 heteroatoms. The topological polar surface area (TPSA) is 61.0 Å². The number of nitrogens with zero attached hydrogens (tertiary/aromatic N) is 2. The highest BCUT2D eigenvalue weighted by Gasteiger charge is 2.34. The Morgan fingerprint density at radius 1 is 1.46 bits per heavy atom. The van der Waals surface area contributed by atoms with Crippen LogP contribution in [0, 0.1) is 0 Å². The highest BCUT2D eigenvalue weighted by molar-refractivity contribution is 5.40. The average molecular weight is 193 g/mol. The van der Waals surface area contributed by atoms with Crippen LogP contribution in [0.5, 0.6) is 6.01 Å². The largest absolute Gasteiger partial charge is 0.467 e. The fraction of sp³-hybridized carbons (Fsp3) is 0.333. The lowest BCUT2D eigenvalue weighted by Gasteiger charge is -2.08. The number of halogens is 3. The lowest BCUT2D eigenvalue weighted by molar-refractivity contribution is -0.137. The van der Waals surface area contributed by atoms with Gasteiger partial charge in [0, 0.05) is 6.20 Å². The van der Waals surface area contributed by atoms with E-state index in [1.807, 2.05) is 0 Å². The van der Waals surface area contributed by atoms with E-state index in [0.29, 0.717) is 6.20 Å². The molecule has 0 aliphatic heterocycles. The van der Waals surface area contributed by atoms with Gasteiger partial charge in [-0.1, -0.05) is 0 Å². The molecule has 0 amide bonds. The van der Waals surface area contributed by atoms with Crippen molar-refractivity contribution in [1.29, 1.82) is 0 Å². The summed E-state index contributed by atoms with van der Waals surface area (Å²) in [6, 6.07) is -0.189. The Kier molecular flexibility index (Phi) is 2.26. The van der Waals surface area contributed by atoms with Gasteiger partial charge in [0.15, 0.2) is 0 Å². The van der Waals surface area contributed by atoms with Crippen molar-refractivity contribution < 1.29 is 17.9 Å². The zero-order chi connectivity index (χ0) is 10.1. The molecule has 13 heavy (non-hydrogen) atoms. The Morgan fingerprint density at radius 2 is 2.08 bits per heavy atom. The average Bonchev–Trinajstić information content (AvgIpc) is 2.01. The Balaban J connectivity index is 3.13. The molecule has 1 aromatic heterocycles. The standard InChI is InChI=1S/C6H6F3N3O/c1-13-5-11-2-3(4(10)12-5)6(7,8)9/h2H,1H3,(H2,10,11,12). The first kappa shape index (κ1) is 9.56. The van der Waals surface area contributed by atoms with Crippen molar-refractivity contribution >= 4 is 5.82 Å². The molecule has 0 bridgehead atoms. The maximum absolute atomic E-state index is 12.1. The van der Waals surface area contributed by atoms with Crippen molar-refractivity contribution in [3.63, 3.8) is 0 Å². The number of methoxy groups -OCH3 is 1. The summed E-state index contributed by atoms with van der Waals surface area (Å²) in [7, 11) is 1.24. The van der Waals surface area contributed by atoms with Gasteiger partial charge in [-0.15, -0.1) is 0 Å². The molecule has 0 unspecified atom stereocenters. The molecule has 72 valence electrons. The molecule has 0 aromatic carbocycles. The number of nitrogen functional groups attached to an aromatic ring is 1. The second-order valence-corrected chi connectivity index (χ2v) is 2.15. The molecule has 0 aliphatic rings. The van der Waals surface area contributed by atoms with E-state index >= 15 is 0 Å². The first-order chi connectivity index (χ1) is 5.95. The SMILES string of the molecule is COc1ncc(C(F)(F)F)c(N)n1. The lowest BCUT2D eigenvalue weighted by Crippen LogP contribution is -2.11. The predicted molar refractivity (Wildman–Crippen MR) is 38.0 cm³/mol. The summed E-state index contributed by atoms with van der Waals surface area (Å²) >= 11 is 0. The van der Waals surface area contributed by atoms with Crippen LogP contribution in [0.15, 0.2) is 6.20 Å². The molecule has 0 spiro atoms. The molecule has 2 N–H and O–H groups in total. The van der Waals surface area contributed by atoms with Gasteiger partial charge in [-0.05, 0) is 0 Å². The zero-order valence-corrected chi connectivity index (χ0v) is 6.59. The van der Waals surface area contributed by atoms with Crippen molar-refractivity contribution in [2.75, 3.05) is 12.8 Å². The number of anilines is 1. The van der Waals surface area contributed by atoms with Crippen LogP contribution in [-0.2, 0) is 6.18 Å². The number of rotatable bonds is 1. The second-order valence-electron chi connectivity index (χ2n) is 2.15. The van der Waals surface area contributed by atoms with Crippen LogP contribution in [0.1, 0.15) is 5.56 Å². The number of ether oxygens (including phenoxy) is 1. The van der Waals surface area contributed by atoms with Gasteiger partial charge in [0.05, 0.1) is 7.11 Å². The summed E-state index contributed by atoms with van der Waals surface area (Å²) in [4.78, 5) is 6.57. The fourth-order valence-electron chi connectivity index (χ4n) is 0.695. The van der Waals surface area contributed by atoms with Gasteiger partial charge in [0.1, 0.15) is 11.4 Å². The molecule has 0 atom stereocenters. The van der Waals surface area contributed by atoms with Gasteiger partial charge in [-0.25, -0.2) is 4.98 Å². The van der Waals surface area contributed by atoms with E-state index < -0.39 is 17.6 Å². The monoisotopic (exact) mass is 193 g/mol. The molecule has 0 saturated heterocycles. The van der Waals surface area contributed by atoms with Gasteiger partial charge in [-0.3, -0.25) is 0 Å². The second kappa shape index (κ2) is 3.08. The van der Waals surface area contributed by atoms with Crippen LogP contribution in [0.3, 0.4) is 0 Å². The summed E-state index contributed by atoms with van der Waals surface area (Å²) in [5.41, 5.74) is 3.97. The Morgan fingerprint density at radius 3 is 2.46 bits per heavy atom. The number of hydrogen-bond donors (Lipinski definition) is 1. The fourth-order valence-corrected chi connectivity index (χ4v) is 0.695. The van der Waals surface area contributed by atoms with Crippen molar-refractivity contribution in [3.05, 3.63) is 11.8 Å². The molecule has 1 rings (SSSR count). The maximum Gasteiger partial charge on any atom is 0.421 e. The molecule has 0 saturated carbocycles. The molecular weight excluding hydrogens is 187 g/mol. The number of aromatic nitrogens is 2. The summed E-state index contributed by atoms with van der Waals surface area (Å²) in [6.07, 6.45) is -3.95. The van der Waals surface area contributed by atoms with Crippen molar-refractivity contribution in [3.8, 4) is 6.01 Å². The summed E-state index contributed by atoms with van der Waals surface area (Å²) in [5, 5.41) is 0. The van der Waals surface area contributed by atoms with E-state index in [-0.39, 0.29) is 6.01 Å². The zero-order valence-electron chi connectivity index (χ0n) is 6.59. The Hall–Kier alpha value is -1.53. The third-order valence-electron chi connectivity index (χ3n) is 1.28. The molecule has 1 aromatic rings. The quantitative estimate of drug-likeness (QED) is 0.725. The Bertz CT molecular complexity index is 312. The molecule has 4 nitrogen and oxygen atoms in total. The van der Waals surface area contributed by atoms with E-state index in [0.717, 1.165) is 0 Å². The maximum atomic E-state index is 12.1. The van der Waals surface area contributed by atoms with E-state index in [2.05, 4.69) is 14.7 Å². The van der Waals surface area contributed by atoms with E-state index in [4.69, 9.17) is 5.73 Å². The molecule has 0 aliphatic carbocycles. The summed E-state index contributed by atoms with van der Waals surface area (Å²) < 4.78 is 40.7. The van der Waals surface area contributed by atoms with E-state index in [1.54, 1.807) is 0 Å².